The van der Waals surface area contributed by atoms with Gasteiger partial charge >= 0.3 is 6.03 Å². The molecule has 0 spiro atoms. The lowest BCUT2D eigenvalue weighted by molar-refractivity contribution is -0.123. The lowest BCUT2D eigenvalue weighted by Gasteiger charge is -2.16. The van der Waals surface area contributed by atoms with Crippen LogP contribution in [0.3, 0.4) is 0 Å². The van der Waals surface area contributed by atoms with E-state index in [1.54, 1.807) is 44.6 Å². The van der Waals surface area contributed by atoms with Crippen LogP contribution in [-0.2, 0) is 16.2 Å². The molecule has 4 amide bonds. The van der Waals surface area contributed by atoms with E-state index < -0.39 is 17.8 Å². The Balaban J connectivity index is 1.84. The highest BCUT2D eigenvalue weighted by Crippen LogP contribution is 2.32. The minimum Gasteiger partial charge on any atom is -0.497 e. The van der Waals surface area contributed by atoms with Crippen LogP contribution >= 0.6 is 0 Å². The third kappa shape index (κ3) is 5.13. The minimum absolute atomic E-state index is 0.183. The van der Waals surface area contributed by atoms with Crippen LogP contribution in [0, 0.1) is 0 Å². The van der Waals surface area contributed by atoms with E-state index in [4.69, 9.17) is 18.9 Å². The second-order valence-corrected chi connectivity index (χ2v) is 6.40. The molecule has 0 radical (unpaired) electrons. The predicted octanol–water partition coefficient (Wildman–Crippen LogP) is 2.43. The number of rotatable bonds is 8. The summed E-state index contributed by atoms with van der Waals surface area (Å²) in [5, 5.41) is 4.07. The van der Waals surface area contributed by atoms with E-state index in [1.807, 2.05) is 23.6 Å². The van der Waals surface area contributed by atoms with E-state index in [0.717, 1.165) is 5.56 Å². The molecule has 2 N–H and O–H groups in total. The van der Waals surface area contributed by atoms with Crippen LogP contribution in [0.2, 0.25) is 0 Å². The maximum absolute atomic E-state index is 11.9. The van der Waals surface area contributed by atoms with E-state index in [0.29, 0.717) is 35.2 Å². The molecule has 0 unspecified atom stereocenters. The molecular formula is C22H22N2O7. The summed E-state index contributed by atoms with van der Waals surface area (Å²) < 4.78 is 22.2. The van der Waals surface area contributed by atoms with Gasteiger partial charge in [-0.25, -0.2) is 4.79 Å². The quantitative estimate of drug-likeness (QED) is 0.492. The molecule has 0 saturated carbocycles. The van der Waals surface area contributed by atoms with Gasteiger partial charge in [0.05, 0.1) is 20.8 Å². The topological polar surface area (TPSA) is 112 Å². The molecule has 3 rings (SSSR count). The van der Waals surface area contributed by atoms with E-state index in [1.165, 1.54) is 6.08 Å². The summed E-state index contributed by atoms with van der Waals surface area (Å²) in [6.45, 7) is 2.41. The van der Waals surface area contributed by atoms with Crippen LogP contribution in [0.1, 0.15) is 18.1 Å². The molecule has 0 bridgehead atoms. The molecule has 31 heavy (non-hydrogen) atoms. The number of urea groups is 1. The fourth-order valence-electron chi connectivity index (χ4n) is 2.93. The van der Waals surface area contributed by atoms with Crippen molar-refractivity contribution in [1.29, 1.82) is 0 Å². The first-order chi connectivity index (χ1) is 14.9. The highest BCUT2D eigenvalue weighted by atomic mass is 16.5. The third-order valence-electron chi connectivity index (χ3n) is 4.39. The van der Waals surface area contributed by atoms with Crippen molar-refractivity contribution in [2.75, 3.05) is 20.8 Å². The van der Waals surface area contributed by atoms with Gasteiger partial charge in [0.25, 0.3) is 11.8 Å². The van der Waals surface area contributed by atoms with Gasteiger partial charge in [0.1, 0.15) is 23.7 Å². The van der Waals surface area contributed by atoms with Crippen LogP contribution < -0.4 is 29.6 Å². The number of hydrogen-bond donors (Lipinski definition) is 2. The number of hydrogen-bond acceptors (Lipinski definition) is 7. The molecule has 0 aliphatic carbocycles. The van der Waals surface area contributed by atoms with Crippen molar-refractivity contribution in [3.8, 4) is 23.0 Å². The Morgan fingerprint density at radius 3 is 2.19 bits per heavy atom. The van der Waals surface area contributed by atoms with Crippen LogP contribution in [-0.4, -0.2) is 38.7 Å². The van der Waals surface area contributed by atoms with Gasteiger partial charge in [-0.3, -0.25) is 20.2 Å². The van der Waals surface area contributed by atoms with Crippen LogP contribution in [0.4, 0.5) is 4.79 Å². The summed E-state index contributed by atoms with van der Waals surface area (Å²) in [7, 11) is 3.15. The number of amides is 4. The Morgan fingerprint density at radius 2 is 1.55 bits per heavy atom. The Morgan fingerprint density at radius 1 is 0.839 bits per heavy atom. The van der Waals surface area contributed by atoms with Gasteiger partial charge in [0.2, 0.25) is 0 Å². The number of carbonyl (C=O) groups excluding carboxylic acids is 3. The smallest absolute Gasteiger partial charge is 0.328 e. The maximum Gasteiger partial charge on any atom is 0.328 e. The van der Waals surface area contributed by atoms with Crippen molar-refractivity contribution in [3.63, 3.8) is 0 Å². The monoisotopic (exact) mass is 426 g/mol. The molecule has 9 nitrogen and oxygen atoms in total. The van der Waals surface area contributed by atoms with Gasteiger partial charge in [-0.15, -0.1) is 0 Å². The van der Waals surface area contributed by atoms with Crippen LogP contribution in [0.5, 0.6) is 23.0 Å². The average molecular weight is 426 g/mol. The highest BCUT2D eigenvalue weighted by Gasteiger charge is 2.27. The maximum atomic E-state index is 11.9. The number of methoxy groups -OCH3 is 2. The zero-order valence-electron chi connectivity index (χ0n) is 17.3. The minimum atomic E-state index is -0.848. The molecule has 2 aromatic rings. The summed E-state index contributed by atoms with van der Waals surface area (Å²) >= 11 is 0. The summed E-state index contributed by atoms with van der Waals surface area (Å²) in [6.07, 6.45) is 1.37. The van der Waals surface area contributed by atoms with Crippen molar-refractivity contribution in [1.82, 2.24) is 10.6 Å². The normalized spacial score (nSPS) is 13.3. The first kappa shape index (κ1) is 21.7. The molecule has 1 aliphatic heterocycles. The predicted molar refractivity (Wildman–Crippen MR) is 111 cm³/mol. The van der Waals surface area contributed by atoms with Crippen molar-refractivity contribution in [2.45, 2.75) is 13.5 Å². The fraction of sp³-hybridized carbons (Fsp3) is 0.227. The highest BCUT2D eigenvalue weighted by molar-refractivity contribution is 6.31. The molecular weight excluding hydrogens is 404 g/mol. The molecule has 0 aromatic heterocycles. The lowest BCUT2D eigenvalue weighted by Crippen LogP contribution is -2.51. The molecule has 1 saturated heterocycles. The third-order valence-corrected chi connectivity index (χ3v) is 4.39. The average Bonchev–Trinajstić information content (AvgIpc) is 2.75. The van der Waals surface area contributed by atoms with Gasteiger partial charge in [-0.2, -0.15) is 0 Å². The summed E-state index contributed by atoms with van der Waals surface area (Å²) in [6, 6.07) is 9.55. The number of benzene rings is 2. The SMILES string of the molecule is CCOc1cc(C=C2C(=O)NC(=O)NC2=O)ccc1OCc1cc(OC)ccc1OC. The number of barbiturate groups is 1. The van der Waals surface area contributed by atoms with Gasteiger partial charge in [0.15, 0.2) is 11.5 Å². The molecule has 2 aromatic carbocycles. The van der Waals surface area contributed by atoms with Crippen molar-refractivity contribution in [2.24, 2.45) is 0 Å². The van der Waals surface area contributed by atoms with Crippen LogP contribution in [0.15, 0.2) is 42.0 Å². The summed E-state index contributed by atoms with van der Waals surface area (Å²) in [5.41, 5.74) is 1.14. The molecule has 9 heteroatoms. The zero-order valence-corrected chi connectivity index (χ0v) is 17.3. The van der Waals surface area contributed by atoms with Crippen molar-refractivity contribution >= 4 is 23.9 Å². The van der Waals surface area contributed by atoms with E-state index in [9.17, 15) is 14.4 Å². The number of carbonyl (C=O) groups is 3. The van der Waals surface area contributed by atoms with E-state index >= 15 is 0 Å². The van der Waals surface area contributed by atoms with Crippen molar-refractivity contribution < 1.29 is 33.3 Å². The molecule has 162 valence electrons. The summed E-state index contributed by atoms with van der Waals surface area (Å²) in [5.74, 6) is 0.709. The van der Waals surface area contributed by atoms with E-state index in [2.05, 4.69) is 0 Å². The molecule has 1 aliphatic rings. The molecule has 0 atom stereocenters. The first-order valence-corrected chi connectivity index (χ1v) is 9.44. The second-order valence-electron chi connectivity index (χ2n) is 6.40. The molecule has 1 fully saturated rings. The Bertz CT molecular complexity index is 1020. The number of ether oxygens (including phenoxy) is 4. The van der Waals surface area contributed by atoms with Crippen molar-refractivity contribution in [3.05, 3.63) is 53.1 Å². The van der Waals surface area contributed by atoms with Crippen LogP contribution in [0.25, 0.3) is 6.08 Å². The van der Waals surface area contributed by atoms with Gasteiger partial charge in [-0.1, -0.05) is 6.07 Å². The summed E-state index contributed by atoms with van der Waals surface area (Å²) in [4.78, 5) is 35.1. The first-order valence-electron chi connectivity index (χ1n) is 9.44. The fourth-order valence-corrected chi connectivity index (χ4v) is 2.93. The zero-order chi connectivity index (χ0) is 22.4. The van der Waals surface area contributed by atoms with Gasteiger partial charge in [-0.05, 0) is 48.9 Å². The second kappa shape index (κ2) is 9.66. The van der Waals surface area contributed by atoms with E-state index in [-0.39, 0.29) is 12.2 Å². The van der Waals surface area contributed by atoms with Gasteiger partial charge in [0, 0.05) is 5.56 Å². The standard InChI is InChI=1S/C22H22N2O7/c1-4-30-19-10-13(9-16-20(25)23-22(27)24-21(16)26)5-7-18(19)31-12-14-11-15(28-2)6-8-17(14)29-3/h5-11H,4,12H2,1-3H3,(H2,23,24,25,26,27). The largest absolute Gasteiger partial charge is 0.497 e. The Labute approximate surface area is 178 Å². The number of imide groups is 2. The molecule has 1 heterocycles. The lowest BCUT2D eigenvalue weighted by atomic mass is 10.1. The Kier molecular flexibility index (Phi) is 6.76. The number of nitrogens with one attached hydrogen (secondary N) is 2. The van der Waals surface area contributed by atoms with Gasteiger partial charge < -0.3 is 18.9 Å². The Hall–Kier alpha value is -4.01.